The molecule has 37 heavy (non-hydrogen) atoms. The SMILES string of the molecule is CC.Cc1nc2c(c(C)c(C)n2Cc2cccnc2)c(-c2ccc(Cl)cc2)c1C(OC(C)(C)C)C(=O)O. The summed E-state index contributed by atoms with van der Waals surface area (Å²) < 4.78 is 8.26. The summed E-state index contributed by atoms with van der Waals surface area (Å²) in [4.78, 5) is 21.7. The lowest BCUT2D eigenvalue weighted by Crippen LogP contribution is -2.28. The third-order valence-electron chi connectivity index (χ3n) is 6.14. The van der Waals surface area contributed by atoms with Gasteiger partial charge >= 0.3 is 5.97 Å². The van der Waals surface area contributed by atoms with Crippen LogP contribution in [0.15, 0.2) is 48.8 Å². The van der Waals surface area contributed by atoms with Crippen molar-refractivity contribution in [3.05, 3.63) is 81.9 Å². The van der Waals surface area contributed by atoms with Crippen LogP contribution in [-0.4, -0.2) is 31.2 Å². The van der Waals surface area contributed by atoms with Crippen LogP contribution in [0.5, 0.6) is 0 Å². The van der Waals surface area contributed by atoms with Gasteiger partial charge in [-0.05, 0) is 76.4 Å². The number of hydrogen-bond donors (Lipinski definition) is 1. The van der Waals surface area contributed by atoms with Gasteiger partial charge in [-0.1, -0.05) is 43.6 Å². The number of aryl methyl sites for hydroxylation is 2. The first-order chi connectivity index (χ1) is 17.5. The number of rotatable bonds is 6. The molecule has 1 atom stereocenters. The van der Waals surface area contributed by atoms with Crippen molar-refractivity contribution in [1.29, 1.82) is 0 Å². The fraction of sp³-hybridized carbons (Fsp3) is 0.367. The highest BCUT2D eigenvalue weighted by Gasteiger charge is 2.33. The average molecular weight is 522 g/mol. The zero-order chi connectivity index (χ0) is 27.5. The Balaban J connectivity index is 0.00000186. The minimum Gasteiger partial charge on any atom is -0.479 e. The molecule has 1 aromatic carbocycles. The largest absolute Gasteiger partial charge is 0.479 e. The summed E-state index contributed by atoms with van der Waals surface area (Å²) in [5.74, 6) is -1.05. The summed E-state index contributed by atoms with van der Waals surface area (Å²) in [6, 6.07) is 11.4. The Hall–Kier alpha value is -3.22. The van der Waals surface area contributed by atoms with Gasteiger partial charge in [-0.15, -0.1) is 0 Å². The highest BCUT2D eigenvalue weighted by Crippen LogP contribution is 2.42. The van der Waals surface area contributed by atoms with Crippen LogP contribution < -0.4 is 0 Å². The Morgan fingerprint density at radius 1 is 1.11 bits per heavy atom. The normalized spacial score (nSPS) is 12.2. The second-order valence-electron chi connectivity index (χ2n) is 9.80. The summed E-state index contributed by atoms with van der Waals surface area (Å²) in [5, 5.41) is 11.8. The Kier molecular flexibility index (Phi) is 8.77. The van der Waals surface area contributed by atoms with Crippen LogP contribution in [0, 0.1) is 20.8 Å². The standard InChI is InChI=1S/C28H30ClN3O3.C2H6/c1-16-18(3)32(15-19-8-7-13-30-14-19)26-22(16)24(20-9-11-21(29)12-10-20)23(17(2)31-26)25(27(33)34)35-28(4,5)6;1-2/h7-14,25H,15H2,1-6H3,(H,33,34);1-2H3. The van der Waals surface area contributed by atoms with Crippen molar-refractivity contribution in [2.45, 2.75) is 73.6 Å². The van der Waals surface area contributed by atoms with Gasteiger partial charge < -0.3 is 14.4 Å². The molecule has 196 valence electrons. The van der Waals surface area contributed by atoms with E-state index in [1.54, 1.807) is 6.20 Å². The molecule has 0 saturated heterocycles. The van der Waals surface area contributed by atoms with Crippen molar-refractivity contribution >= 4 is 28.6 Å². The first-order valence-electron chi connectivity index (χ1n) is 12.5. The second kappa shape index (κ2) is 11.4. The van der Waals surface area contributed by atoms with E-state index in [0.717, 1.165) is 39.0 Å². The number of hydrogen-bond acceptors (Lipinski definition) is 4. The Morgan fingerprint density at radius 2 is 1.76 bits per heavy atom. The topological polar surface area (TPSA) is 77.2 Å². The minimum atomic E-state index is -1.18. The molecular formula is C30H36ClN3O3. The van der Waals surface area contributed by atoms with E-state index in [9.17, 15) is 9.90 Å². The highest BCUT2D eigenvalue weighted by molar-refractivity contribution is 6.30. The Bertz CT molecular complexity index is 1390. The molecule has 4 rings (SSSR count). The molecule has 7 heteroatoms. The maximum absolute atomic E-state index is 12.5. The number of aromatic nitrogens is 3. The monoisotopic (exact) mass is 521 g/mol. The summed E-state index contributed by atoms with van der Waals surface area (Å²) in [6.45, 7) is 16.1. The smallest absolute Gasteiger partial charge is 0.337 e. The van der Waals surface area contributed by atoms with Crippen LogP contribution in [-0.2, 0) is 16.1 Å². The molecule has 0 amide bonds. The molecule has 0 aliphatic carbocycles. The van der Waals surface area contributed by atoms with E-state index in [0.29, 0.717) is 22.8 Å². The number of carbonyl (C=O) groups is 1. The van der Waals surface area contributed by atoms with Gasteiger partial charge in [-0.25, -0.2) is 9.78 Å². The lowest BCUT2D eigenvalue weighted by Gasteiger charge is -2.28. The zero-order valence-electron chi connectivity index (χ0n) is 22.9. The molecule has 1 N–H and O–H groups in total. The highest BCUT2D eigenvalue weighted by atomic mass is 35.5. The van der Waals surface area contributed by atoms with E-state index >= 15 is 0 Å². The van der Waals surface area contributed by atoms with Gasteiger partial charge in [0.05, 0.1) is 12.1 Å². The molecule has 6 nitrogen and oxygen atoms in total. The number of carboxylic acid groups (broad SMARTS) is 1. The average Bonchev–Trinajstić information content (AvgIpc) is 3.08. The van der Waals surface area contributed by atoms with Crippen molar-refractivity contribution in [1.82, 2.24) is 14.5 Å². The molecular weight excluding hydrogens is 486 g/mol. The number of fused-ring (bicyclic) bond motifs is 1. The second-order valence-corrected chi connectivity index (χ2v) is 10.2. The summed E-state index contributed by atoms with van der Waals surface area (Å²) >= 11 is 6.20. The van der Waals surface area contributed by atoms with Crippen LogP contribution in [0.1, 0.15) is 68.8 Å². The molecule has 3 heterocycles. The van der Waals surface area contributed by atoms with Crippen LogP contribution in [0.25, 0.3) is 22.2 Å². The van der Waals surface area contributed by atoms with E-state index in [1.165, 1.54) is 0 Å². The van der Waals surface area contributed by atoms with Gasteiger partial charge in [0.2, 0.25) is 0 Å². The molecule has 0 radical (unpaired) electrons. The van der Waals surface area contributed by atoms with Gasteiger partial charge in [-0.3, -0.25) is 4.98 Å². The van der Waals surface area contributed by atoms with E-state index < -0.39 is 17.7 Å². The summed E-state index contributed by atoms with van der Waals surface area (Å²) in [7, 11) is 0. The lowest BCUT2D eigenvalue weighted by atomic mass is 9.91. The molecule has 1 unspecified atom stereocenters. The molecule has 0 spiro atoms. The van der Waals surface area contributed by atoms with Gasteiger partial charge in [0, 0.05) is 45.3 Å². The maximum Gasteiger partial charge on any atom is 0.337 e. The predicted molar refractivity (Wildman–Crippen MR) is 150 cm³/mol. The number of carboxylic acids is 1. The quantitative estimate of drug-likeness (QED) is 0.281. The van der Waals surface area contributed by atoms with Crippen LogP contribution in [0.2, 0.25) is 5.02 Å². The molecule has 0 fully saturated rings. The van der Waals surface area contributed by atoms with E-state index in [4.69, 9.17) is 21.3 Å². The summed E-state index contributed by atoms with van der Waals surface area (Å²) in [6.07, 6.45) is 2.42. The Labute approximate surface area is 224 Å². The van der Waals surface area contributed by atoms with Crippen molar-refractivity contribution in [2.24, 2.45) is 0 Å². The van der Waals surface area contributed by atoms with Crippen LogP contribution in [0.3, 0.4) is 0 Å². The van der Waals surface area contributed by atoms with E-state index in [-0.39, 0.29) is 0 Å². The Morgan fingerprint density at radius 3 is 2.30 bits per heavy atom. The van der Waals surface area contributed by atoms with E-state index in [1.807, 2.05) is 84.1 Å². The predicted octanol–water partition coefficient (Wildman–Crippen LogP) is 7.69. The molecule has 0 saturated carbocycles. The molecule has 0 aliphatic rings. The number of ether oxygens (including phenoxy) is 1. The number of halogens is 1. The zero-order valence-corrected chi connectivity index (χ0v) is 23.6. The fourth-order valence-corrected chi connectivity index (χ4v) is 4.61. The molecule has 0 bridgehead atoms. The van der Waals surface area contributed by atoms with Gasteiger partial charge in [0.15, 0.2) is 6.10 Å². The lowest BCUT2D eigenvalue weighted by molar-refractivity contribution is -0.160. The summed E-state index contributed by atoms with van der Waals surface area (Å²) in [5.41, 5.74) is 6.15. The van der Waals surface area contributed by atoms with Gasteiger partial charge in [0.25, 0.3) is 0 Å². The van der Waals surface area contributed by atoms with E-state index in [2.05, 4.69) is 23.4 Å². The van der Waals surface area contributed by atoms with Crippen molar-refractivity contribution in [3.8, 4) is 11.1 Å². The maximum atomic E-state index is 12.5. The first kappa shape index (κ1) is 28.4. The minimum absolute atomic E-state index is 0.559. The number of nitrogens with zero attached hydrogens (tertiary/aromatic N) is 3. The first-order valence-corrected chi connectivity index (χ1v) is 12.9. The third kappa shape index (κ3) is 6.03. The van der Waals surface area contributed by atoms with Gasteiger partial charge in [0.1, 0.15) is 5.65 Å². The van der Waals surface area contributed by atoms with Crippen molar-refractivity contribution in [2.75, 3.05) is 0 Å². The molecule has 3 aromatic heterocycles. The molecule has 0 aliphatic heterocycles. The van der Waals surface area contributed by atoms with Crippen molar-refractivity contribution < 1.29 is 14.6 Å². The van der Waals surface area contributed by atoms with Crippen LogP contribution >= 0.6 is 11.6 Å². The number of pyridine rings is 2. The number of aliphatic carboxylic acids is 1. The third-order valence-corrected chi connectivity index (χ3v) is 6.39. The number of benzene rings is 1. The van der Waals surface area contributed by atoms with Gasteiger partial charge in [-0.2, -0.15) is 0 Å². The van der Waals surface area contributed by atoms with Crippen LogP contribution in [0.4, 0.5) is 0 Å². The molecule has 4 aromatic rings. The van der Waals surface area contributed by atoms with Crippen molar-refractivity contribution in [3.63, 3.8) is 0 Å². The fourth-order valence-electron chi connectivity index (χ4n) is 4.49.